The second-order valence-electron chi connectivity index (χ2n) is 5.95. The fraction of sp³-hybridized carbons (Fsp3) is 0.235. The molecule has 150 valence electrons. The highest BCUT2D eigenvalue weighted by atomic mass is 16.6. The van der Waals surface area contributed by atoms with Crippen LogP contribution in [0.1, 0.15) is 22.0 Å². The lowest BCUT2D eigenvalue weighted by molar-refractivity contribution is -0.384. The van der Waals surface area contributed by atoms with E-state index in [2.05, 4.69) is 20.4 Å². The molecule has 12 nitrogen and oxygen atoms in total. The van der Waals surface area contributed by atoms with Crippen LogP contribution in [-0.4, -0.2) is 50.1 Å². The minimum absolute atomic E-state index is 0.0952. The number of fused-ring (bicyclic) bond motifs is 1. The van der Waals surface area contributed by atoms with Crippen molar-refractivity contribution >= 4 is 29.0 Å². The van der Waals surface area contributed by atoms with Crippen molar-refractivity contribution in [3.63, 3.8) is 0 Å². The maximum absolute atomic E-state index is 12.1. The molecule has 0 fully saturated rings. The van der Waals surface area contributed by atoms with Crippen molar-refractivity contribution in [3.05, 3.63) is 51.6 Å². The first kappa shape index (κ1) is 19.7. The number of hydrogen-bond donors (Lipinski definition) is 1. The third-order valence-electron chi connectivity index (χ3n) is 3.81. The maximum atomic E-state index is 12.1. The molecule has 2 heterocycles. The lowest BCUT2D eigenvalue weighted by Gasteiger charge is -2.09. The van der Waals surface area contributed by atoms with Crippen molar-refractivity contribution in [1.82, 2.24) is 19.6 Å². The number of benzene rings is 1. The Kier molecular flexibility index (Phi) is 5.34. The number of carbonyl (C=O) groups is 2. The number of anilines is 1. The Morgan fingerprint density at radius 2 is 2.00 bits per heavy atom. The quantitative estimate of drug-likeness (QED) is 0.368. The number of non-ortho nitro benzene ring substituents is 1. The highest BCUT2D eigenvalue weighted by Gasteiger charge is 2.19. The molecule has 0 spiro atoms. The summed E-state index contributed by atoms with van der Waals surface area (Å²) in [6.07, 6.45) is 0. The van der Waals surface area contributed by atoms with Crippen molar-refractivity contribution in [2.24, 2.45) is 0 Å². The molecule has 0 saturated carbocycles. The minimum Gasteiger partial charge on any atom is -0.494 e. The topological polar surface area (TPSA) is 151 Å². The third kappa shape index (κ3) is 4.26. The number of amides is 1. The van der Waals surface area contributed by atoms with Gasteiger partial charge >= 0.3 is 5.97 Å². The van der Waals surface area contributed by atoms with E-state index in [9.17, 15) is 19.7 Å². The standard InChI is InChI=1S/C17H16N6O6/c1-9-6-10(2)22-17(18-9)20-15(21-22)16(25)29-8-14(24)19-12-5-4-11(23(26)27)7-13(12)28-3/h4-7H,8H2,1-3H3,(H,19,24). The first-order chi connectivity index (χ1) is 13.8. The van der Waals surface area contributed by atoms with E-state index in [0.29, 0.717) is 0 Å². The number of hydrogen-bond acceptors (Lipinski definition) is 9. The van der Waals surface area contributed by atoms with Gasteiger partial charge in [-0.2, -0.15) is 4.98 Å². The predicted octanol–water partition coefficient (Wildman–Crippen LogP) is 1.45. The van der Waals surface area contributed by atoms with E-state index in [1.54, 1.807) is 19.9 Å². The zero-order chi connectivity index (χ0) is 21.1. The largest absolute Gasteiger partial charge is 0.494 e. The molecule has 0 aliphatic heterocycles. The molecule has 3 rings (SSSR count). The molecule has 0 bridgehead atoms. The Balaban J connectivity index is 1.66. The summed E-state index contributed by atoms with van der Waals surface area (Å²) in [4.78, 5) is 42.6. The van der Waals surface area contributed by atoms with Crippen LogP contribution in [0.25, 0.3) is 5.78 Å². The fourth-order valence-corrected chi connectivity index (χ4v) is 2.53. The van der Waals surface area contributed by atoms with Gasteiger partial charge in [0.1, 0.15) is 5.75 Å². The van der Waals surface area contributed by atoms with E-state index in [4.69, 9.17) is 9.47 Å². The number of methoxy groups -OCH3 is 1. The summed E-state index contributed by atoms with van der Waals surface area (Å²) >= 11 is 0. The number of rotatable bonds is 6. The number of carbonyl (C=O) groups excluding carboxylic acids is 2. The summed E-state index contributed by atoms with van der Waals surface area (Å²) in [5.41, 5.74) is 1.46. The maximum Gasteiger partial charge on any atom is 0.378 e. The first-order valence-corrected chi connectivity index (χ1v) is 8.29. The molecule has 29 heavy (non-hydrogen) atoms. The SMILES string of the molecule is COc1cc([N+](=O)[O-])ccc1NC(=O)COC(=O)c1nc2nc(C)cc(C)n2n1. The number of esters is 1. The van der Waals surface area contributed by atoms with Crippen LogP contribution >= 0.6 is 0 Å². The highest BCUT2D eigenvalue weighted by molar-refractivity contribution is 5.95. The Hall–Kier alpha value is -4.09. The number of nitrogens with one attached hydrogen (secondary N) is 1. The minimum atomic E-state index is -0.890. The van der Waals surface area contributed by atoms with Gasteiger partial charge in [0, 0.05) is 17.5 Å². The Bertz CT molecular complexity index is 1130. The summed E-state index contributed by atoms with van der Waals surface area (Å²) in [5.74, 6) is -1.45. The van der Waals surface area contributed by atoms with Crippen molar-refractivity contribution in [1.29, 1.82) is 0 Å². The van der Waals surface area contributed by atoms with E-state index in [1.807, 2.05) is 0 Å². The summed E-state index contributed by atoms with van der Waals surface area (Å²) in [5, 5.41) is 17.3. The van der Waals surface area contributed by atoms with Gasteiger partial charge in [-0.3, -0.25) is 14.9 Å². The molecule has 0 aliphatic rings. The van der Waals surface area contributed by atoms with E-state index in [-0.39, 0.29) is 28.7 Å². The van der Waals surface area contributed by atoms with E-state index in [0.717, 1.165) is 11.4 Å². The molecule has 0 aliphatic carbocycles. The van der Waals surface area contributed by atoms with Gasteiger partial charge in [0.15, 0.2) is 6.61 Å². The van der Waals surface area contributed by atoms with Crippen molar-refractivity contribution < 1.29 is 24.0 Å². The monoisotopic (exact) mass is 400 g/mol. The van der Waals surface area contributed by atoms with Gasteiger partial charge in [0.25, 0.3) is 23.2 Å². The Morgan fingerprint density at radius 3 is 2.69 bits per heavy atom. The number of aromatic nitrogens is 4. The van der Waals surface area contributed by atoms with Crippen LogP contribution in [0.3, 0.4) is 0 Å². The predicted molar refractivity (Wildman–Crippen MR) is 98.8 cm³/mol. The lowest BCUT2D eigenvalue weighted by Crippen LogP contribution is -2.21. The average molecular weight is 400 g/mol. The van der Waals surface area contributed by atoms with E-state index < -0.39 is 23.4 Å². The summed E-state index contributed by atoms with van der Waals surface area (Å²) in [6, 6.07) is 5.47. The molecule has 12 heteroatoms. The number of ether oxygens (including phenoxy) is 2. The van der Waals surface area contributed by atoms with Crippen LogP contribution in [0.2, 0.25) is 0 Å². The molecule has 0 saturated heterocycles. The number of aryl methyl sites for hydroxylation is 2. The molecule has 1 amide bonds. The number of nitrogens with zero attached hydrogens (tertiary/aromatic N) is 5. The summed E-state index contributed by atoms with van der Waals surface area (Å²) in [6.45, 7) is 2.97. The molecule has 0 unspecified atom stereocenters. The zero-order valence-electron chi connectivity index (χ0n) is 15.7. The van der Waals surface area contributed by atoms with Crippen LogP contribution < -0.4 is 10.1 Å². The lowest BCUT2D eigenvalue weighted by atomic mass is 10.2. The number of nitro benzene ring substituents is 1. The second-order valence-corrected chi connectivity index (χ2v) is 5.95. The molecule has 1 aromatic carbocycles. The molecular weight excluding hydrogens is 384 g/mol. The van der Waals surface area contributed by atoms with Crippen LogP contribution in [-0.2, 0) is 9.53 Å². The van der Waals surface area contributed by atoms with E-state index in [1.165, 1.54) is 29.8 Å². The van der Waals surface area contributed by atoms with Crippen LogP contribution in [0.15, 0.2) is 24.3 Å². The molecule has 2 aromatic heterocycles. The van der Waals surface area contributed by atoms with Crippen LogP contribution in [0, 0.1) is 24.0 Å². The molecular formula is C17H16N6O6. The van der Waals surface area contributed by atoms with Gasteiger partial charge in [-0.15, -0.1) is 5.10 Å². The van der Waals surface area contributed by atoms with Gasteiger partial charge in [0.2, 0.25) is 0 Å². The number of nitro groups is 1. The van der Waals surface area contributed by atoms with Crippen molar-refractivity contribution in [2.45, 2.75) is 13.8 Å². The summed E-state index contributed by atoms with van der Waals surface area (Å²) in [7, 11) is 1.31. The summed E-state index contributed by atoms with van der Waals surface area (Å²) < 4.78 is 11.4. The second kappa shape index (κ2) is 7.88. The third-order valence-corrected chi connectivity index (χ3v) is 3.81. The Morgan fingerprint density at radius 1 is 1.24 bits per heavy atom. The highest BCUT2D eigenvalue weighted by Crippen LogP contribution is 2.28. The Labute approximate surface area is 163 Å². The van der Waals surface area contributed by atoms with Crippen LogP contribution in [0.5, 0.6) is 5.75 Å². The van der Waals surface area contributed by atoms with Gasteiger partial charge in [0.05, 0.1) is 23.8 Å². The molecule has 0 atom stereocenters. The van der Waals surface area contributed by atoms with Gasteiger partial charge in [-0.25, -0.2) is 14.3 Å². The molecule has 0 radical (unpaired) electrons. The first-order valence-electron chi connectivity index (χ1n) is 8.29. The average Bonchev–Trinajstić information content (AvgIpc) is 3.10. The smallest absolute Gasteiger partial charge is 0.378 e. The molecule has 3 aromatic rings. The van der Waals surface area contributed by atoms with Gasteiger partial charge < -0.3 is 14.8 Å². The molecule has 1 N–H and O–H groups in total. The van der Waals surface area contributed by atoms with E-state index >= 15 is 0 Å². The normalized spacial score (nSPS) is 10.6. The zero-order valence-corrected chi connectivity index (χ0v) is 15.7. The fourth-order valence-electron chi connectivity index (χ4n) is 2.53. The van der Waals surface area contributed by atoms with Crippen LogP contribution in [0.4, 0.5) is 11.4 Å². The van der Waals surface area contributed by atoms with Crippen molar-refractivity contribution in [2.75, 3.05) is 19.0 Å². The van der Waals surface area contributed by atoms with Crippen molar-refractivity contribution in [3.8, 4) is 5.75 Å². The van der Waals surface area contributed by atoms with Gasteiger partial charge in [-0.05, 0) is 26.0 Å². The van der Waals surface area contributed by atoms with Gasteiger partial charge in [-0.1, -0.05) is 0 Å².